The number of nitrogens with zero attached hydrogens (tertiary/aromatic N) is 1. The molecule has 0 spiro atoms. The normalized spacial score (nSPS) is 13.7. The summed E-state index contributed by atoms with van der Waals surface area (Å²) in [6, 6.07) is 4.23. The maximum absolute atomic E-state index is 14.2. The largest absolute Gasteiger partial charge is 0.444 e. The Kier molecular flexibility index (Phi) is 10.8. The maximum Gasteiger partial charge on any atom is 0.408 e. The van der Waals surface area contributed by atoms with Crippen molar-refractivity contribution in [1.29, 1.82) is 0 Å². The van der Waals surface area contributed by atoms with Gasteiger partial charge in [0.15, 0.2) is 0 Å². The molecule has 2 atom stereocenters. The van der Waals surface area contributed by atoms with Crippen LogP contribution in [0.2, 0.25) is 0 Å². The van der Waals surface area contributed by atoms with Crippen molar-refractivity contribution < 1.29 is 19.1 Å². The molecule has 0 aliphatic rings. The molecule has 1 aromatic carbocycles. The number of hydrogen-bond donors (Lipinski definition) is 2. The molecule has 0 fully saturated rings. The van der Waals surface area contributed by atoms with Gasteiger partial charge in [0.2, 0.25) is 11.8 Å². The molecule has 0 aliphatic carbocycles. The Morgan fingerprint density at radius 2 is 1.63 bits per heavy atom. The molecule has 7 nitrogen and oxygen atoms in total. The Morgan fingerprint density at radius 3 is 2.11 bits per heavy atom. The second-order valence-electron chi connectivity index (χ2n) is 11.7. The molecule has 0 heterocycles. The van der Waals surface area contributed by atoms with Crippen LogP contribution < -0.4 is 10.6 Å². The van der Waals surface area contributed by atoms with E-state index in [-0.39, 0.29) is 17.7 Å². The fraction of sp³-hybridized carbons (Fsp3) is 0.679. The van der Waals surface area contributed by atoms with Crippen LogP contribution in [0.1, 0.15) is 97.9 Å². The molecule has 198 valence electrons. The topological polar surface area (TPSA) is 87.7 Å². The van der Waals surface area contributed by atoms with Gasteiger partial charge in [0.1, 0.15) is 17.7 Å². The molecule has 2 N–H and O–H groups in total. The molecule has 3 amide bonds. The Bertz CT molecular complexity index is 881. The van der Waals surface area contributed by atoms with Gasteiger partial charge in [-0.15, -0.1) is 0 Å². The minimum Gasteiger partial charge on any atom is -0.444 e. The van der Waals surface area contributed by atoms with Crippen LogP contribution in [0.15, 0.2) is 18.2 Å². The van der Waals surface area contributed by atoms with Gasteiger partial charge in [-0.25, -0.2) is 4.79 Å². The van der Waals surface area contributed by atoms with E-state index in [4.69, 9.17) is 4.74 Å². The van der Waals surface area contributed by atoms with Crippen molar-refractivity contribution in [2.24, 2.45) is 5.92 Å². The van der Waals surface area contributed by atoms with E-state index in [0.717, 1.165) is 29.5 Å². The Balaban J connectivity index is 3.58. The molecule has 0 bridgehead atoms. The molecular formula is C28H47N3O4. The van der Waals surface area contributed by atoms with Gasteiger partial charge in [-0.3, -0.25) is 9.59 Å². The molecule has 7 heteroatoms. The van der Waals surface area contributed by atoms with Crippen LogP contribution in [0.3, 0.4) is 0 Å². The van der Waals surface area contributed by atoms with E-state index in [1.807, 2.05) is 66.7 Å². The Morgan fingerprint density at radius 1 is 1.03 bits per heavy atom. The third kappa shape index (κ3) is 9.19. The standard InChI is InChI=1S/C28H47N3O4/c1-12-13-16-29-24(32)23(21-17-19(4)14-15-20(21)5)31(27(6,7)8)25(33)22(18(2)3)30-26(34)35-28(9,10)11/h14-15,17-18,22-23H,12-13,16H2,1-11H3,(H,29,32)(H,30,34). The van der Waals surface area contributed by atoms with E-state index < -0.39 is 29.3 Å². The van der Waals surface area contributed by atoms with Crippen molar-refractivity contribution in [3.63, 3.8) is 0 Å². The predicted octanol–water partition coefficient (Wildman–Crippen LogP) is 5.44. The minimum atomic E-state index is -0.861. The first-order valence-corrected chi connectivity index (χ1v) is 12.7. The molecule has 1 aromatic rings. The highest BCUT2D eigenvalue weighted by Crippen LogP contribution is 2.33. The van der Waals surface area contributed by atoms with Gasteiger partial charge < -0.3 is 20.3 Å². The predicted molar refractivity (Wildman–Crippen MR) is 141 cm³/mol. The number of carbonyl (C=O) groups excluding carboxylic acids is 3. The summed E-state index contributed by atoms with van der Waals surface area (Å²) in [5.41, 5.74) is 1.31. The van der Waals surface area contributed by atoms with Crippen molar-refractivity contribution in [2.45, 2.75) is 112 Å². The summed E-state index contributed by atoms with van der Waals surface area (Å²) in [7, 11) is 0. The fourth-order valence-electron chi connectivity index (χ4n) is 3.88. The Hall–Kier alpha value is -2.57. The number of alkyl carbamates (subject to hydrolysis) is 1. The highest BCUT2D eigenvalue weighted by molar-refractivity contribution is 5.93. The van der Waals surface area contributed by atoms with Crippen molar-refractivity contribution in [3.8, 4) is 0 Å². The van der Waals surface area contributed by atoms with Crippen LogP contribution in [-0.4, -0.2) is 46.5 Å². The molecule has 0 aliphatic heterocycles. The molecule has 0 aromatic heterocycles. The highest BCUT2D eigenvalue weighted by Gasteiger charge is 2.43. The number of amides is 3. The van der Waals surface area contributed by atoms with Gasteiger partial charge in [0.25, 0.3) is 0 Å². The molecule has 1 rings (SSSR count). The second kappa shape index (κ2) is 12.4. The first-order chi connectivity index (χ1) is 16.0. The smallest absolute Gasteiger partial charge is 0.408 e. The third-order valence-corrected chi connectivity index (χ3v) is 5.63. The average Bonchev–Trinajstić information content (AvgIpc) is 2.69. The summed E-state index contributed by atoms with van der Waals surface area (Å²) in [5, 5.41) is 5.80. The number of nitrogens with one attached hydrogen (secondary N) is 2. The van der Waals surface area contributed by atoms with Crippen LogP contribution in [-0.2, 0) is 14.3 Å². The summed E-state index contributed by atoms with van der Waals surface area (Å²) in [5.74, 6) is -0.771. The molecular weight excluding hydrogens is 442 g/mol. The lowest BCUT2D eigenvalue weighted by atomic mass is 9.90. The molecule has 35 heavy (non-hydrogen) atoms. The number of benzene rings is 1. The zero-order chi connectivity index (χ0) is 27.1. The zero-order valence-corrected chi connectivity index (χ0v) is 23.7. The van der Waals surface area contributed by atoms with Gasteiger partial charge in [-0.05, 0) is 78.9 Å². The van der Waals surface area contributed by atoms with Crippen molar-refractivity contribution >= 4 is 17.9 Å². The van der Waals surface area contributed by atoms with Gasteiger partial charge in [0, 0.05) is 12.1 Å². The first-order valence-electron chi connectivity index (χ1n) is 12.7. The third-order valence-electron chi connectivity index (χ3n) is 5.63. The summed E-state index contributed by atoms with van der Waals surface area (Å²) < 4.78 is 5.43. The zero-order valence-electron chi connectivity index (χ0n) is 23.7. The van der Waals surface area contributed by atoms with Gasteiger partial charge in [0.05, 0.1) is 0 Å². The summed E-state index contributed by atoms with van der Waals surface area (Å²) >= 11 is 0. The minimum absolute atomic E-state index is 0.220. The summed E-state index contributed by atoms with van der Waals surface area (Å²) in [6.45, 7) is 21.3. The SMILES string of the molecule is CCCCNC(=O)C(c1cc(C)ccc1C)N(C(=O)C(NC(=O)OC(C)(C)C)C(C)C)C(C)(C)C. The number of unbranched alkanes of at least 4 members (excludes halogenated alkanes) is 1. The average molecular weight is 490 g/mol. The highest BCUT2D eigenvalue weighted by atomic mass is 16.6. The second-order valence-corrected chi connectivity index (χ2v) is 11.7. The fourth-order valence-corrected chi connectivity index (χ4v) is 3.88. The lowest BCUT2D eigenvalue weighted by Gasteiger charge is -2.44. The van der Waals surface area contributed by atoms with Gasteiger partial charge >= 0.3 is 6.09 Å². The monoisotopic (exact) mass is 489 g/mol. The molecule has 0 radical (unpaired) electrons. The van der Waals surface area contributed by atoms with E-state index in [2.05, 4.69) is 17.6 Å². The van der Waals surface area contributed by atoms with Crippen molar-refractivity contribution in [1.82, 2.24) is 15.5 Å². The number of carbonyl (C=O) groups is 3. The first kappa shape index (κ1) is 30.5. The molecule has 0 saturated heterocycles. The number of rotatable bonds is 9. The van der Waals surface area contributed by atoms with Gasteiger partial charge in [-0.1, -0.05) is 51.0 Å². The lowest BCUT2D eigenvalue weighted by Crippen LogP contribution is -2.60. The van der Waals surface area contributed by atoms with Gasteiger partial charge in [-0.2, -0.15) is 0 Å². The number of hydrogen-bond acceptors (Lipinski definition) is 4. The molecule has 0 saturated carbocycles. The molecule has 2 unspecified atom stereocenters. The maximum atomic E-state index is 14.2. The van der Waals surface area contributed by atoms with E-state index in [1.165, 1.54) is 0 Å². The summed E-state index contributed by atoms with van der Waals surface area (Å²) in [4.78, 5) is 42.1. The van der Waals surface area contributed by atoms with E-state index in [9.17, 15) is 14.4 Å². The van der Waals surface area contributed by atoms with E-state index in [1.54, 1.807) is 25.7 Å². The summed E-state index contributed by atoms with van der Waals surface area (Å²) in [6.07, 6.45) is 1.14. The van der Waals surface area contributed by atoms with E-state index >= 15 is 0 Å². The van der Waals surface area contributed by atoms with Crippen molar-refractivity contribution in [2.75, 3.05) is 6.54 Å². The van der Waals surface area contributed by atoms with Crippen LogP contribution in [0.5, 0.6) is 0 Å². The van der Waals surface area contributed by atoms with Crippen LogP contribution in [0, 0.1) is 19.8 Å². The number of ether oxygens (including phenoxy) is 1. The quantitative estimate of drug-likeness (QED) is 0.452. The van der Waals surface area contributed by atoms with E-state index in [0.29, 0.717) is 6.54 Å². The van der Waals surface area contributed by atoms with Crippen LogP contribution in [0.25, 0.3) is 0 Å². The van der Waals surface area contributed by atoms with Crippen LogP contribution in [0.4, 0.5) is 4.79 Å². The Labute approximate surface area is 212 Å². The number of aryl methyl sites for hydroxylation is 2. The van der Waals surface area contributed by atoms with Crippen molar-refractivity contribution in [3.05, 3.63) is 34.9 Å². The van der Waals surface area contributed by atoms with Crippen LogP contribution >= 0.6 is 0 Å². The lowest BCUT2D eigenvalue weighted by molar-refractivity contribution is -0.149.